The van der Waals surface area contributed by atoms with Crippen LogP contribution in [0.2, 0.25) is 0 Å². The van der Waals surface area contributed by atoms with Crippen LogP contribution in [0, 0.1) is 11.8 Å². The summed E-state index contributed by atoms with van der Waals surface area (Å²) in [7, 11) is 0. The van der Waals surface area contributed by atoms with E-state index in [2.05, 4.69) is 6.08 Å². The van der Waals surface area contributed by atoms with Gasteiger partial charge in [0.1, 0.15) is 0 Å². The number of carbonyl (C=O) groups is 2. The molecule has 2 aliphatic rings. The van der Waals surface area contributed by atoms with E-state index in [9.17, 15) is 9.59 Å². The highest BCUT2D eigenvalue weighted by atomic mass is 16.5. The first-order valence-corrected chi connectivity index (χ1v) is 7.61. The van der Waals surface area contributed by atoms with Crippen molar-refractivity contribution in [1.29, 1.82) is 0 Å². The van der Waals surface area contributed by atoms with Gasteiger partial charge in [-0.1, -0.05) is 25.3 Å². The van der Waals surface area contributed by atoms with Crippen LogP contribution in [-0.4, -0.2) is 18.4 Å². The van der Waals surface area contributed by atoms with Crippen LogP contribution in [0.5, 0.6) is 0 Å². The van der Waals surface area contributed by atoms with Gasteiger partial charge in [0.15, 0.2) is 5.78 Å². The lowest BCUT2D eigenvalue weighted by atomic mass is 9.85. The van der Waals surface area contributed by atoms with Crippen molar-refractivity contribution in [1.82, 2.24) is 0 Å². The van der Waals surface area contributed by atoms with E-state index in [1.165, 1.54) is 32.1 Å². The highest BCUT2D eigenvalue weighted by Gasteiger charge is 2.31. The van der Waals surface area contributed by atoms with Crippen molar-refractivity contribution >= 4 is 11.8 Å². The van der Waals surface area contributed by atoms with Crippen LogP contribution < -0.4 is 0 Å². The van der Waals surface area contributed by atoms with Crippen molar-refractivity contribution in [2.45, 2.75) is 58.3 Å². The zero-order valence-electron chi connectivity index (χ0n) is 11.8. The molecule has 2 fully saturated rings. The van der Waals surface area contributed by atoms with Crippen molar-refractivity contribution in [3.8, 4) is 0 Å². The number of rotatable bonds is 4. The van der Waals surface area contributed by atoms with Gasteiger partial charge in [-0.3, -0.25) is 9.59 Å². The third-order valence-corrected chi connectivity index (χ3v) is 4.27. The average Bonchev–Trinajstić information content (AvgIpc) is 2.73. The summed E-state index contributed by atoms with van der Waals surface area (Å²) in [5.41, 5.74) is 0.917. The van der Waals surface area contributed by atoms with Gasteiger partial charge in [-0.25, -0.2) is 0 Å². The SMILES string of the molecule is CCOC(=O)C[C@H]1CCC(=O)/C1=C/C1CCCCC1. The maximum atomic E-state index is 12.0. The van der Waals surface area contributed by atoms with Crippen molar-refractivity contribution in [3.05, 3.63) is 11.6 Å². The first-order chi connectivity index (χ1) is 9.20. The fourth-order valence-corrected chi connectivity index (χ4v) is 3.25. The van der Waals surface area contributed by atoms with Gasteiger partial charge in [0.25, 0.3) is 0 Å². The van der Waals surface area contributed by atoms with Gasteiger partial charge in [-0.2, -0.15) is 0 Å². The van der Waals surface area contributed by atoms with E-state index in [1.807, 2.05) is 6.92 Å². The summed E-state index contributed by atoms with van der Waals surface area (Å²) in [5.74, 6) is 0.737. The monoisotopic (exact) mass is 264 g/mol. The molecule has 0 aromatic rings. The maximum Gasteiger partial charge on any atom is 0.306 e. The van der Waals surface area contributed by atoms with Crippen LogP contribution in [0.25, 0.3) is 0 Å². The highest BCUT2D eigenvalue weighted by Crippen LogP contribution is 2.34. The Kier molecular flexibility index (Phi) is 5.17. The quantitative estimate of drug-likeness (QED) is 0.577. The molecular formula is C16H24O3. The topological polar surface area (TPSA) is 43.4 Å². The summed E-state index contributed by atoms with van der Waals surface area (Å²) < 4.78 is 5.00. The zero-order chi connectivity index (χ0) is 13.7. The van der Waals surface area contributed by atoms with Gasteiger partial charge < -0.3 is 4.74 Å². The summed E-state index contributed by atoms with van der Waals surface area (Å²) >= 11 is 0. The van der Waals surface area contributed by atoms with Crippen molar-refractivity contribution in [2.24, 2.45) is 11.8 Å². The molecule has 0 amide bonds. The molecule has 0 aromatic heterocycles. The standard InChI is InChI=1S/C16H24O3/c1-2-19-16(18)11-13-8-9-15(17)14(13)10-12-6-4-3-5-7-12/h10,12-13H,2-9,11H2,1H3/b14-10+/t13-/m1/s1. The van der Waals surface area contributed by atoms with E-state index in [0.29, 0.717) is 25.4 Å². The van der Waals surface area contributed by atoms with E-state index in [0.717, 1.165) is 12.0 Å². The number of hydrogen-bond donors (Lipinski definition) is 0. The number of hydrogen-bond acceptors (Lipinski definition) is 3. The Morgan fingerprint density at radius 1 is 1.26 bits per heavy atom. The summed E-state index contributed by atoms with van der Waals surface area (Å²) in [6.07, 6.45) is 10.2. The molecule has 2 rings (SSSR count). The molecule has 19 heavy (non-hydrogen) atoms. The molecule has 0 unspecified atom stereocenters. The van der Waals surface area contributed by atoms with Crippen LogP contribution in [0.15, 0.2) is 11.6 Å². The number of carbonyl (C=O) groups excluding carboxylic acids is 2. The normalized spacial score (nSPS) is 26.9. The average molecular weight is 264 g/mol. The predicted octanol–water partition coefficient (Wildman–Crippen LogP) is 3.43. The van der Waals surface area contributed by atoms with Gasteiger partial charge in [0, 0.05) is 6.42 Å². The molecular weight excluding hydrogens is 240 g/mol. The van der Waals surface area contributed by atoms with Crippen LogP contribution >= 0.6 is 0 Å². The minimum absolute atomic E-state index is 0.105. The van der Waals surface area contributed by atoms with Gasteiger partial charge in [-0.05, 0) is 43.6 Å². The van der Waals surface area contributed by atoms with Crippen molar-refractivity contribution < 1.29 is 14.3 Å². The van der Waals surface area contributed by atoms with Gasteiger partial charge >= 0.3 is 5.97 Å². The zero-order valence-corrected chi connectivity index (χ0v) is 11.8. The maximum absolute atomic E-state index is 12.0. The lowest BCUT2D eigenvalue weighted by molar-refractivity contribution is -0.143. The molecule has 0 N–H and O–H groups in total. The second-order valence-electron chi connectivity index (χ2n) is 5.69. The van der Waals surface area contributed by atoms with E-state index in [1.54, 1.807) is 0 Å². The largest absolute Gasteiger partial charge is 0.466 e. The Bertz CT molecular complexity index is 364. The van der Waals surface area contributed by atoms with Crippen LogP contribution in [-0.2, 0) is 14.3 Å². The first kappa shape index (κ1) is 14.3. The van der Waals surface area contributed by atoms with Gasteiger partial charge in [0.2, 0.25) is 0 Å². The second-order valence-corrected chi connectivity index (χ2v) is 5.69. The fourth-order valence-electron chi connectivity index (χ4n) is 3.25. The molecule has 2 saturated carbocycles. The summed E-state index contributed by atoms with van der Waals surface area (Å²) in [4.78, 5) is 23.6. The number of ketones is 1. The second kappa shape index (κ2) is 6.88. The van der Waals surface area contributed by atoms with Crippen molar-refractivity contribution in [3.63, 3.8) is 0 Å². The Hall–Kier alpha value is -1.12. The van der Waals surface area contributed by atoms with Gasteiger partial charge in [-0.15, -0.1) is 0 Å². The molecule has 0 aliphatic heterocycles. The lowest BCUT2D eigenvalue weighted by Crippen LogP contribution is -2.13. The molecule has 3 heteroatoms. The highest BCUT2D eigenvalue weighted by molar-refractivity contribution is 5.98. The first-order valence-electron chi connectivity index (χ1n) is 7.61. The van der Waals surface area contributed by atoms with Crippen LogP contribution in [0.1, 0.15) is 58.3 Å². The van der Waals surface area contributed by atoms with Crippen LogP contribution in [0.4, 0.5) is 0 Å². The minimum atomic E-state index is -0.170. The fraction of sp³-hybridized carbons (Fsp3) is 0.750. The molecule has 106 valence electrons. The summed E-state index contributed by atoms with van der Waals surface area (Å²) in [6, 6.07) is 0. The molecule has 0 aromatic carbocycles. The number of esters is 1. The van der Waals surface area contributed by atoms with E-state index < -0.39 is 0 Å². The Balaban J connectivity index is 2.00. The molecule has 2 aliphatic carbocycles. The van der Waals surface area contributed by atoms with E-state index in [4.69, 9.17) is 4.74 Å². The van der Waals surface area contributed by atoms with E-state index >= 15 is 0 Å². The predicted molar refractivity (Wildman–Crippen MR) is 73.6 cm³/mol. The Morgan fingerprint density at radius 3 is 2.68 bits per heavy atom. The molecule has 0 bridgehead atoms. The molecule has 0 saturated heterocycles. The Labute approximate surface area is 115 Å². The third kappa shape index (κ3) is 3.92. The smallest absolute Gasteiger partial charge is 0.306 e. The van der Waals surface area contributed by atoms with Crippen molar-refractivity contribution in [2.75, 3.05) is 6.61 Å². The summed E-state index contributed by atoms with van der Waals surface area (Å²) in [6.45, 7) is 2.23. The summed E-state index contributed by atoms with van der Waals surface area (Å²) in [5, 5.41) is 0. The number of ether oxygens (including phenoxy) is 1. The minimum Gasteiger partial charge on any atom is -0.466 e. The lowest BCUT2D eigenvalue weighted by Gasteiger charge is -2.20. The number of allylic oxidation sites excluding steroid dienone is 2. The van der Waals surface area contributed by atoms with Crippen LogP contribution in [0.3, 0.4) is 0 Å². The van der Waals surface area contributed by atoms with Gasteiger partial charge in [0.05, 0.1) is 13.0 Å². The molecule has 0 radical (unpaired) electrons. The molecule has 3 nitrogen and oxygen atoms in total. The van der Waals surface area contributed by atoms with E-state index in [-0.39, 0.29) is 17.7 Å². The number of Topliss-reactive ketones (excluding diaryl/α,β-unsaturated/α-hetero) is 1. The molecule has 0 spiro atoms. The Morgan fingerprint density at radius 2 is 2.00 bits per heavy atom. The third-order valence-electron chi connectivity index (χ3n) is 4.27. The molecule has 0 heterocycles. The molecule has 1 atom stereocenters.